The number of para-hydroxylation sites is 2. The van der Waals surface area contributed by atoms with Gasteiger partial charge in [0.2, 0.25) is 0 Å². The molecule has 3 nitrogen and oxygen atoms in total. The molecule has 0 spiro atoms. The van der Waals surface area contributed by atoms with E-state index in [2.05, 4.69) is 46.7 Å². The highest BCUT2D eigenvalue weighted by Crippen LogP contribution is 2.21. The van der Waals surface area contributed by atoms with Crippen LogP contribution in [0, 0.1) is 0 Å². The van der Waals surface area contributed by atoms with Crippen LogP contribution in [-0.2, 0) is 6.42 Å². The predicted octanol–water partition coefficient (Wildman–Crippen LogP) is 4.29. The number of hydrogen-bond donors (Lipinski definition) is 1. The lowest BCUT2D eigenvalue weighted by Gasteiger charge is -2.10. The van der Waals surface area contributed by atoms with Crippen molar-refractivity contribution in [2.75, 3.05) is 19.0 Å². The third kappa shape index (κ3) is 3.19. The molecule has 0 saturated heterocycles. The van der Waals surface area contributed by atoms with Crippen molar-refractivity contribution in [3.8, 4) is 5.75 Å². The smallest absolute Gasteiger partial charge is 0.122 e. The molecule has 1 aromatic heterocycles. The van der Waals surface area contributed by atoms with Gasteiger partial charge >= 0.3 is 0 Å². The maximum absolute atomic E-state index is 5.39. The number of aromatic nitrogens is 1. The molecule has 0 aliphatic rings. The minimum atomic E-state index is 0.910. The minimum Gasteiger partial charge on any atom is -0.496 e. The van der Waals surface area contributed by atoms with Crippen LogP contribution in [0.3, 0.4) is 0 Å². The molecule has 0 fully saturated rings. The summed E-state index contributed by atoms with van der Waals surface area (Å²) >= 11 is 0. The molecule has 3 aromatic rings. The van der Waals surface area contributed by atoms with Gasteiger partial charge in [0.1, 0.15) is 5.75 Å². The summed E-state index contributed by atoms with van der Waals surface area (Å²) in [6.45, 7) is 0.910. The molecule has 0 unspecified atom stereocenters. The van der Waals surface area contributed by atoms with E-state index in [0.29, 0.717) is 0 Å². The van der Waals surface area contributed by atoms with Crippen LogP contribution in [0.1, 0.15) is 12.0 Å². The minimum absolute atomic E-state index is 0.910. The van der Waals surface area contributed by atoms with Crippen LogP contribution >= 0.6 is 0 Å². The molecule has 0 amide bonds. The molecule has 3 rings (SSSR count). The number of nitrogens with zero attached hydrogens (tertiary/aromatic N) is 1. The van der Waals surface area contributed by atoms with E-state index in [0.717, 1.165) is 41.7 Å². The van der Waals surface area contributed by atoms with E-state index < -0.39 is 0 Å². The van der Waals surface area contributed by atoms with Gasteiger partial charge in [0.25, 0.3) is 0 Å². The summed E-state index contributed by atoms with van der Waals surface area (Å²) in [5.41, 5.74) is 3.38. The summed E-state index contributed by atoms with van der Waals surface area (Å²) in [4.78, 5) is 4.46. The fraction of sp³-hybridized carbons (Fsp3) is 0.211. The van der Waals surface area contributed by atoms with Crippen molar-refractivity contribution >= 4 is 16.6 Å². The second-order valence-corrected chi connectivity index (χ2v) is 5.22. The lowest BCUT2D eigenvalue weighted by molar-refractivity contribution is 0.409. The lowest BCUT2D eigenvalue weighted by Crippen LogP contribution is -2.04. The number of methoxy groups -OCH3 is 1. The Morgan fingerprint density at radius 2 is 1.86 bits per heavy atom. The van der Waals surface area contributed by atoms with Crippen molar-refractivity contribution < 1.29 is 4.74 Å². The first-order valence-electron chi connectivity index (χ1n) is 7.58. The third-order valence-corrected chi connectivity index (χ3v) is 3.76. The molecule has 0 bridgehead atoms. The number of aryl methyl sites for hydroxylation is 1. The molecular formula is C19H20N2O. The molecule has 0 radical (unpaired) electrons. The Kier molecular flexibility index (Phi) is 4.54. The summed E-state index contributed by atoms with van der Waals surface area (Å²) in [7, 11) is 1.72. The molecule has 1 N–H and O–H groups in total. The van der Waals surface area contributed by atoms with E-state index >= 15 is 0 Å². The Morgan fingerprint density at radius 1 is 1.00 bits per heavy atom. The standard InChI is InChI=1S/C19H20N2O/c1-22-18-12-3-2-7-15(18)9-5-13-20-17-11-4-8-16-10-6-14-21-19(16)17/h2-4,6-8,10-12,14,20H,5,9,13H2,1H3. The molecule has 0 aliphatic carbocycles. The van der Waals surface area contributed by atoms with Crippen molar-refractivity contribution in [1.82, 2.24) is 4.98 Å². The highest BCUT2D eigenvalue weighted by atomic mass is 16.5. The molecule has 112 valence electrons. The molecular weight excluding hydrogens is 272 g/mol. The van der Waals surface area contributed by atoms with E-state index in [1.807, 2.05) is 24.4 Å². The molecule has 0 atom stereocenters. The molecule has 2 aromatic carbocycles. The quantitative estimate of drug-likeness (QED) is 0.688. The van der Waals surface area contributed by atoms with Gasteiger partial charge < -0.3 is 10.1 Å². The zero-order valence-electron chi connectivity index (χ0n) is 12.8. The second-order valence-electron chi connectivity index (χ2n) is 5.22. The van der Waals surface area contributed by atoms with Crippen molar-refractivity contribution in [1.29, 1.82) is 0 Å². The lowest BCUT2D eigenvalue weighted by atomic mass is 10.1. The van der Waals surface area contributed by atoms with Crippen LogP contribution in [0.2, 0.25) is 0 Å². The number of hydrogen-bond acceptors (Lipinski definition) is 3. The maximum Gasteiger partial charge on any atom is 0.122 e. The Bertz CT molecular complexity index is 750. The number of nitrogens with one attached hydrogen (secondary N) is 1. The zero-order valence-corrected chi connectivity index (χ0v) is 12.8. The van der Waals surface area contributed by atoms with Gasteiger partial charge in [-0.1, -0.05) is 36.4 Å². The fourth-order valence-corrected chi connectivity index (χ4v) is 2.66. The van der Waals surface area contributed by atoms with Crippen LogP contribution in [0.4, 0.5) is 5.69 Å². The van der Waals surface area contributed by atoms with E-state index in [1.54, 1.807) is 7.11 Å². The first kappa shape index (κ1) is 14.4. The molecule has 3 heteroatoms. The Hall–Kier alpha value is -2.55. The van der Waals surface area contributed by atoms with E-state index in [9.17, 15) is 0 Å². The topological polar surface area (TPSA) is 34.1 Å². The van der Waals surface area contributed by atoms with Crippen molar-refractivity contribution in [3.05, 3.63) is 66.4 Å². The van der Waals surface area contributed by atoms with Gasteiger partial charge in [-0.2, -0.15) is 0 Å². The average Bonchev–Trinajstić information content (AvgIpc) is 2.59. The van der Waals surface area contributed by atoms with Crippen LogP contribution in [-0.4, -0.2) is 18.6 Å². The highest BCUT2D eigenvalue weighted by molar-refractivity contribution is 5.90. The van der Waals surface area contributed by atoms with E-state index in [4.69, 9.17) is 4.74 Å². The molecule has 22 heavy (non-hydrogen) atoms. The number of pyridine rings is 1. The van der Waals surface area contributed by atoms with Gasteiger partial charge in [-0.15, -0.1) is 0 Å². The summed E-state index contributed by atoms with van der Waals surface area (Å²) < 4.78 is 5.39. The van der Waals surface area contributed by atoms with Gasteiger partial charge in [-0.25, -0.2) is 0 Å². The van der Waals surface area contributed by atoms with Crippen molar-refractivity contribution in [2.24, 2.45) is 0 Å². The monoisotopic (exact) mass is 292 g/mol. The van der Waals surface area contributed by atoms with Gasteiger partial charge in [0.05, 0.1) is 18.3 Å². The molecule has 1 heterocycles. The van der Waals surface area contributed by atoms with Crippen LogP contribution in [0.25, 0.3) is 10.9 Å². The number of ether oxygens (including phenoxy) is 1. The number of rotatable bonds is 6. The summed E-state index contributed by atoms with van der Waals surface area (Å²) in [6, 6.07) is 18.5. The first-order valence-corrected chi connectivity index (χ1v) is 7.58. The van der Waals surface area contributed by atoms with Gasteiger partial charge in [0.15, 0.2) is 0 Å². The first-order chi connectivity index (χ1) is 10.9. The summed E-state index contributed by atoms with van der Waals surface area (Å²) in [5.74, 6) is 0.967. The number of benzene rings is 2. The van der Waals surface area contributed by atoms with E-state index in [-0.39, 0.29) is 0 Å². The van der Waals surface area contributed by atoms with Crippen molar-refractivity contribution in [2.45, 2.75) is 12.8 Å². The van der Waals surface area contributed by atoms with Crippen LogP contribution in [0.15, 0.2) is 60.8 Å². The Labute approximate surface area is 131 Å². The normalized spacial score (nSPS) is 10.6. The SMILES string of the molecule is COc1ccccc1CCCNc1cccc2cccnc12. The van der Waals surface area contributed by atoms with Gasteiger partial charge in [-0.3, -0.25) is 4.98 Å². The Morgan fingerprint density at radius 3 is 2.77 bits per heavy atom. The fourth-order valence-electron chi connectivity index (χ4n) is 2.66. The van der Waals surface area contributed by atoms with Crippen molar-refractivity contribution in [3.63, 3.8) is 0 Å². The zero-order chi connectivity index (χ0) is 15.2. The summed E-state index contributed by atoms with van der Waals surface area (Å²) in [5, 5.41) is 4.66. The average molecular weight is 292 g/mol. The maximum atomic E-state index is 5.39. The number of fused-ring (bicyclic) bond motifs is 1. The van der Waals surface area contributed by atoms with Gasteiger partial charge in [-0.05, 0) is 36.6 Å². The molecule has 0 aliphatic heterocycles. The largest absolute Gasteiger partial charge is 0.496 e. The highest BCUT2D eigenvalue weighted by Gasteiger charge is 2.03. The van der Waals surface area contributed by atoms with Crippen LogP contribution < -0.4 is 10.1 Å². The molecule has 0 saturated carbocycles. The summed E-state index contributed by atoms with van der Waals surface area (Å²) in [6.07, 6.45) is 3.88. The Balaban J connectivity index is 1.61. The third-order valence-electron chi connectivity index (χ3n) is 3.76. The predicted molar refractivity (Wildman–Crippen MR) is 91.5 cm³/mol. The van der Waals surface area contributed by atoms with Crippen LogP contribution in [0.5, 0.6) is 5.75 Å². The van der Waals surface area contributed by atoms with E-state index in [1.165, 1.54) is 5.56 Å². The second kappa shape index (κ2) is 6.94. The van der Waals surface area contributed by atoms with Gasteiger partial charge in [0, 0.05) is 18.1 Å². The number of anilines is 1.